The molecule has 2 aromatic rings. The summed E-state index contributed by atoms with van der Waals surface area (Å²) in [5.74, 6) is -0.907. The zero-order valence-electron chi connectivity index (χ0n) is 12.1. The van der Waals surface area contributed by atoms with Crippen molar-refractivity contribution in [1.82, 2.24) is 10.3 Å². The first kappa shape index (κ1) is 15.4. The molecule has 5 heteroatoms. The van der Waals surface area contributed by atoms with Crippen molar-refractivity contribution in [2.45, 2.75) is 26.3 Å². The molecule has 3 nitrogen and oxygen atoms in total. The van der Waals surface area contributed by atoms with Gasteiger partial charge >= 0.3 is 0 Å². The summed E-state index contributed by atoms with van der Waals surface area (Å²) in [6.07, 6.45) is 1.79. The van der Waals surface area contributed by atoms with Crippen LogP contribution in [0.3, 0.4) is 0 Å². The topological polar surface area (TPSA) is 34.1 Å². The molecule has 0 aliphatic rings. The van der Waals surface area contributed by atoms with Gasteiger partial charge in [0.25, 0.3) is 0 Å². The average Bonchev–Trinajstić information content (AvgIpc) is 2.37. The standard InChI is InChI=1S/C16H18F2N2O/c1-3-4-14-5-11(10-19-2)6-16(20-14)21-15-8-12(17)7-13(18)9-15/h5-9,19H,3-4,10H2,1-2H3. The lowest BCUT2D eigenvalue weighted by Gasteiger charge is -2.10. The molecule has 0 aliphatic carbocycles. The number of benzene rings is 1. The van der Waals surface area contributed by atoms with Gasteiger partial charge in [0.2, 0.25) is 5.88 Å². The average molecular weight is 292 g/mol. The van der Waals surface area contributed by atoms with Gasteiger partial charge in [-0.1, -0.05) is 13.3 Å². The van der Waals surface area contributed by atoms with Crippen molar-refractivity contribution in [1.29, 1.82) is 0 Å². The molecule has 0 fully saturated rings. The number of nitrogens with zero attached hydrogens (tertiary/aromatic N) is 1. The van der Waals surface area contributed by atoms with Gasteiger partial charge in [0, 0.05) is 36.5 Å². The van der Waals surface area contributed by atoms with Crippen LogP contribution in [0.5, 0.6) is 11.6 Å². The maximum absolute atomic E-state index is 13.2. The summed E-state index contributed by atoms with van der Waals surface area (Å²) >= 11 is 0. The van der Waals surface area contributed by atoms with Crippen molar-refractivity contribution >= 4 is 0 Å². The molecule has 0 unspecified atom stereocenters. The molecule has 0 atom stereocenters. The van der Waals surface area contributed by atoms with Crippen molar-refractivity contribution in [3.8, 4) is 11.6 Å². The number of hydrogen-bond donors (Lipinski definition) is 1. The summed E-state index contributed by atoms with van der Waals surface area (Å²) in [5, 5.41) is 3.06. The maximum atomic E-state index is 13.2. The Bertz CT molecular complexity index is 573. The molecule has 0 saturated carbocycles. The predicted molar refractivity (Wildman–Crippen MR) is 77.4 cm³/mol. The molecule has 1 N–H and O–H groups in total. The summed E-state index contributed by atoms with van der Waals surface area (Å²) in [4.78, 5) is 4.37. The summed E-state index contributed by atoms with van der Waals surface area (Å²) in [6.45, 7) is 2.74. The van der Waals surface area contributed by atoms with E-state index in [4.69, 9.17) is 4.74 Å². The van der Waals surface area contributed by atoms with Crippen molar-refractivity contribution < 1.29 is 13.5 Å². The fourth-order valence-corrected chi connectivity index (χ4v) is 2.07. The number of nitrogens with one attached hydrogen (secondary N) is 1. The van der Waals surface area contributed by atoms with Crippen LogP contribution in [-0.2, 0) is 13.0 Å². The van der Waals surface area contributed by atoms with E-state index in [1.165, 1.54) is 0 Å². The van der Waals surface area contributed by atoms with E-state index in [2.05, 4.69) is 17.2 Å². The van der Waals surface area contributed by atoms with Crippen molar-refractivity contribution in [2.24, 2.45) is 0 Å². The monoisotopic (exact) mass is 292 g/mol. The van der Waals surface area contributed by atoms with Crippen LogP contribution < -0.4 is 10.1 Å². The summed E-state index contributed by atoms with van der Waals surface area (Å²) < 4.78 is 31.9. The SMILES string of the molecule is CCCc1cc(CNC)cc(Oc2cc(F)cc(F)c2)n1. The van der Waals surface area contributed by atoms with Crippen LogP contribution >= 0.6 is 0 Å². The molecule has 1 heterocycles. The van der Waals surface area contributed by atoms with Gasteiger partial charge < -0.3 is 10.1 Å². The third-order valence-corrected chi connectivity index (χ3v) is 2.86. The maximum Gasteiger partial charge on any atom is 0.219 e. The Kier molecular flexibility index (Phi) is 5.22. The van der Waals surface area contributed by atoms with E-state index in [9.17, 15) is 8.78 Å². The molecule has 112 valence electrons. The van der Waals surface area contributed by atoms with E-state index < -0.39 is 11.6 Å². The largest absolute Gasteiger partial charge is 0.439 e. The molecule has 2 rings (SSSR count). The van der Waals surface area contributed by atoms with Gasteiger partial charge in [-0.05, 0) is 25.1 Å². The number of halogens is 2. The second kappa shape index (κ2) is 7.13. The smallest absolute Gasteiger partial charge is 0.219 e. The quantitative estimate of drug-likeness (QED) is 0.878. The lowest BCUT2D eigenvalue weighted by atomic mass is 10.1. The highest BCUT2D eigenvalue weighted by Crippen LogP contribution is 2.23. The van der Waals surface area contributed by atoms with Crippen molar-refractivity contribution in [3.63, 3.8) is 0 Å². The van der Waals surface area contributed by atoms with E-state index in [0.717, 1.165) is 42.3 Å². The number of hydrogen-bond acceptors (Lipinski definition) is 3. The van der Waals surface area contributed by atoms with Crippen LogP contribution in [0.15, 0.2) is 30.3 Å². The van der Waals surface area contributed by atoms with Gasteiger partial charge in [0.1, 0.15) is 17.4 Å². The zero-order chi connectivity index (χ0) is 15.2. The minimum Gasteiger partial charge on any atom is -0.439 e. The third-order valence-electron chi connectivity index (χ3n) is 2.86. The van der Waals surface area contributed by atoms with Crippen molar-refractivity contribution in [2.75, 3.05) is 7.05 Å². The molecule has 21 heavy (non-hydrogen) atoms. The summed E-state index contributed by atoms with van der Waals surface area (Å²) in [5.41, 5.74) is 1.92. The Labute approximate surface area is 123 Å². The lowest BCUT2D eigenvalue weighted by molar-refractivity contribution is 0.448. The molecule has 1 aromatic carbocycles. The highest BCUT2D eigenvalue weighted by Gasteiger charge is 2.07. The summed E-state index contributed by atoms with van der Waals surface area (Å²) in [7, 11) is 1.85. The first-order valence-electron chi connectivity index (χ1n) is 6.89. The number of pyridine rings is 1. The molecule has 0 bridgehead atoms. The van der Waals surface area contributed by atoms with Gasteiger partial charge in [-0.3, -0.25) is 0 Å². The van der Waals surface area contributed by atoms with E-state index in [1.54, 1.807) is 6.07 Å². The first-order valence-corrected chi connectivity index (χ1v) is 6.89. The molecule has 1 aromatic heterocycles. The third kappa shape index (κ3) is 4.49. The normalized spacial score (nSPS) is 10.7. The van der Waals surface area contributed by atoms with Gasteiger partial charge in [0.05, 0.1) is 0 Å². The van der Waals surface area contributed by atoms with Crippen LogP contribution in [0.1, 0.15) is 24.6 Å². The highest BCUT2D eigenvalue weighted by atomic mass is 19.1. The van der Waals surface area contributed by atoms with Gasteiger partial charge in [-0.2, -0.15) is 0 Å². The number of aryl methyl sites for hydroxylation is 1. The van der Waals surface area contributed by atoms with E-state index in [-0.39, 0.29) is 5.75 Å². The fraction of sp³-hybridized carbons (Fsp3) is 0.312. The molecule has 0 spiro atoms. The predicted octanol–water partition coefficient (Wildman–Crippen LogP) is 3.82. The van der Waals surface area contributed by atoms with E-state index in [0.29, 0.717) is 12.4 Å². The first-order chi connectivity index (χ1) is 10.1. The second-order valence-electron chi connectivity index (χ2n) is 4.79. The zero-order valence-corrected chi connectivity index (χ0v) is 12.1. The van der Waals surface area contributed by atoms with Crippen LogP contribution in [-0.4, -0.2) is 12.0 Å². The Morgan fingerprint density at radius 3 is 2.43 bits per heavy atom. The minimum atomic E-state index is -0.676. The second-order valence-corrected chi connectivity index (χ2v) is 4.79. The number of ether oxygens (including phenoxy) is 1. The van der Waals surface area contributed by atoms with Gasteiger partial charge in [-0.25, -0.2) is 13.8 Å². The highest BCUT2D eigenvalue weighted by molar-refractivity contribution is 5.31. The Hall–Kier alpha value is -2.01. The molecule has 0 radical (unpaired) electrons. The molecule has 0 amide bonds. The Morgan fingerprint density at radius 1 is 1.10 bits per heavy atom. The number of aromatic nitrogens is 1. The lowest BCUT2D eigenvalue weighted by Crippen LogP contribution is -2.06. The van der Waals surface area contributed by atoms with Crippen LogP contribution in [0.2, 0.25) is 0 Å². The van der Waals surface area contributed by atoms with Crippen LogP contribution in [0, 0.1) is 11.6 Å². The molecular formula is C16H18F2N2O. The van der Waals surface area contributed by atoms with Crippen LogP contribution in [0.25, 0.3) is 0 Å². The molecular weight excluding hydrogens is 274 g/mol. The number of rotatable bonds is 6. The minimum absolute atomic E-state index is 0.101. The molecule has 0 aliphatic heterocycles. The van der Waals surface area contributed by atoms with E-state index in [1.807, 2.05) is 13.1 Å². The molecule has 0 saturated heterocycles. The van der Waals surface area contributed by atoms with Crippen molar-refractivity contribution in [3.05, 3.63) is 53.2 Å². The van der Waals surface area contributed by atoms with Gasteiger partial charge in [0.15, 0.2) is 0 Å². The Morgan fingerprint density at radius 2 is 1.81 bits per heavy atom. The Balaban J connectivity index is 2.28. The van der Waals surface area contributed by atoms with Gasteiger partial charge in [-0.15, -0.1) is 0 Å². The van der Waals surface area contributed by atoms with Crippen LogP contribution in [0.4, 0.5) is 8.78 Å². The fourth-order valence-electron chi connectivity index (χ4n) is 2.07. The summed E-state index contributed by atoms with van der Waals surface area (Å²) in [6, 6.07) is 6.84. The van der Waals surface area contributed by atoms with E-state index >= 15 is 0 Å².